The Labute approximate surface area is 148 Å². The summed E-state index contributed by atoms with van der Waals surface area (Å²) < 4.78 is 16.4. The summed E-state index contributed by atoms with van der Waals surface area (Å²) in [4.78, 5) is 10.9. The molecule has 25 heavy (non-hydrogen) atoms. The van der Waals surface area contributed by atoms with Crippen molar-refractivity contribution in [2.75, 3.05) is 45.4 Å². The van der Waals surface area contributed by atoms with Crippen LogP contribution >= 0.6 is 0 Å². The van der Waals surface area contributed by atoms with Crippen molar-refractivity contribution >= 4 is 5.82 Å². The fraction of sp³-hybridized carbons (Fsp3) is 0.474. The van der Waals surface area contributed by atoms with Gasteiger partial charge in [-0.25, -0.2) is 9.97 Å². The van der Waals surface area contributed by atoms with Gasteiger partial charge in [0.2, 0.25) is 0 Å². The molecule has 0 radical (unpaired) electrons. The largest absolute Gasteiger partial charge is 0.497 e. The summed E-state index contributed by atoms with van der Waals surface area (Å²) in [6.07, 6.45) is 3.58. The van der Waals surface area contributed by atoms with E-state index in [1.54, 1.807) is 13.4 Å². The number of anilines is 1. The minimum atomic E-state index is 0.395. The first-order valence-electron chi connectivity index (χ1n) is 8.64. The van der Waals surface area contributed by atoms with Gasteiger partial charge in [-0.2, -0.15) is 0 Å². The zero-order chi connectivity index (χ0) is 17.5. The van der Waals surface area contributed by atoms with E-state index in [1.165, 1.54) is 0 Å². The molecule has 0 unspecified atom stereocenters. The van der Waals surface area contributed by atoms with Crippen LogP contribution in [0.4, 0.5) is 5.82 Å². The topological polar surface area (TPSA) is 56.7 Å². The summed E-state index contributed by atoms with van der Waals surface area (Å²) in [5.74, 6) is 2.97. The highest BCUT2D eigenvalue weighted by Gasteiger charge is 2.20. The molecule has 0 N–H and O–H groups in total. The monoisotopic (exact) mass is 343 g/mol. The summed E-state index contributed by atoms with van der Waals surface area (Å²) >= 11 is 0. The minimum Gasteiger partial charge on any atom is -0.497 e. The van der Waals surface area contributed by atoms with Gasteiger partial charge in [-0.1, -0.05) is 6.07 Å². The van der Waals surface area contributed by atoms with Crippen molar-refractivity contribution in [1.29, 1.82) is 0 Å². The molecule has 3 rings (SSSR count). The number of nitrogens with zero attached hydrogens (tertiary/aromatic N) is 3. The molecule has 0 amide bonds. The quantitative estimate of drug-likeness (QED) is 0.687. The van der Waals surface area contributed by atoms with Gasteiger partial charge >= 0.3 is 0 Å². The van der Waals surface area contributed by atoms with Gasteiger partial charge in [0.1, 0.15) is 23.6 Å². The number of aromatic nitrogens is 2. The molecular weight excluding hydrogens is 318 g/mol. The van der Waals surface area contributed by atoms with E-state index in [-0.39, 0.29) is 0 Å². The first kappa shape index (κ1) is 17.5. The zero-order valence-corrected chi connectivity index (χ0v) is 14.9. The predicted molar refractivity (Wildman–Crippen MR) is 96.6 cm³/mol. The van der Waals surface area contributed by atoms with Crippen LogP contribution in [-0.2, 0) is 4.74 Å². The Bertz CT molecular complexity index is 674. The molecule has 6 heteroatoms. The van der Waals surface area contributed by atoms with Crippen LogP contribution in [0.3, 0.4) is 0 Å². The second-order valence-corrected chi connectivity index (χ2v) is 6.16. The number of rotatable bonds is 8. The van der Waals surface area contributed by atoms with Crippen molar-refractivity contribution in [2.45, 2.75) is 18.8 Å². The van der Waals surface area contributed by atoms with Crippen molar-refractivity contribution in [3.63, 3.8) is 0 Å². The zero-order valence-electron chi connectivity index (χ0n) is 14.9. The first-order valence-corrected chi connectivity index (χ1v) is 8.64. The van der Waals surface area contributed by atoms with Crippen molar-refractivity contribution in [2.24, 2.45) is 0 Å². The molecule has 1 aliphatic rings. The lowest BCUT2D eigenvalue weighted by atomic mass is 10.0. The second-order valence-electron chi connectivity index (χ2n) is 6.16. The van der Waals surface area contributed by atoms with E-state index < -0.39 is 0 Å². The van der Waals surface area contributed by atoms with Gasteiger partial charge < -0.3 is 19.1 Å². The second kappa shape index (κ2) is 8.67. The number of ether oxygens (including phenoxy) is 3. The van der Waals surface area contributed by atoms with Crippen LogP contribution in [0.15, 0.2) is 36.7 Å². The molecule has 1 fully saturated rings. The third-order valence-electron chi connectivity index (χ3n) is 4.36. The Morgan fingerprint density at radius 2 is 2.12 bits per heavy atom. The maximum atomic E-state index is 5.78. The van der Waals surface area contributed by atoms with Crippen LogP contribution in [0.25, 0.3) is 0 Å². The van der Waals surface area contributed by atoms with Crippen LogP contribution in [0.5, 0.6) is 11.5 Å². The summed E-state index contributed by atoms with van der Waals surface area (Å²) in [6.45, 7) is 3.09. The Hall–Kier alpha value is -2.34. The Morgan fingerprint density at radius 1 is 1.24 bits per heavy atom. The van der Waals surface area contributed by atoms with Gasteiger partial charge in [0, 0.05) is 38.2 Å². The molecule has 0 bridgehead atoms. The van der Waals surface area contributed by atoms with Crippen LogP contribution in [0.2, 0.25) is 0 Å². The molecule has 1 saturated heterocycles. The average Bonchev–Trinajstić information content (AvgIpc) is 3.20. The SMILES string of the molecule is COc1cccc(OCCCN(C)c2cc([C@@H]3CCOC3)ncn2)c1. The molecule has 0 aliphatic carbocycles. The fourth-order valence-electron chi connectivity index (χ4n) is 2.86. The van der Waals surface area contributed by atoms with Gasteiger partial charge in [-0.05, 0) is 25.0 Å². The summed E-state index contributed by atoms with van der Waals surface area (Å²) in [5, 5.41) is 0. The van der Waals surface area contributed by atoms with Gasteiger partial charge in [0.05, 0.1) is 26.0 Å². The van der Waals surface area contributed by atoms with Gasteiger partial charge in [-0.15, -0.1) is 0 Å². The number of methoxy groups -OCH3 is 1. The summed E-state index contributed by atoms with van der Waals surface area (Å²) in [7, 11) is 3.70. The van der Waals surface area contributed by atoms with Crippen molar-refractivity contribution in [1.82, 2.24) is 9.97 Å². The highest BCUT2D eigenvalue weighted by Crippen LogP contribution is 2.25. The van der Waals surface area contributed by atoms with E-state index in [0.29, 0.717) is 12.5 Å². The Morgan fingerprint density at radius 3 is 2.92 bits per heavy atom. The molecule has 134 valence electrons. The lowest BCUT2D eigenvalue weighted by Crippen LogP contribution is -2.22. The van der Waals surface area contributed by atoms with Crippen LogP contribution < -0.4 is 14.4 Å². The van der Waals surface area contributed by atoms with E-state index in [9.17, 15) is 0 Å². The maximum absolute atomic E-state index is 5.78. The third kappa shape index (κ3) is 4.82. The lowest BCUT2D eigenvalue weighted by Gasteiger charge is -2.19. The van der Waals surface area contributed by atoms with Gasteiger partial charge in [0.15, 0.2) is 0 Å². The van der Waals surface area contributed by atoms with E-state index in [2.05, 4.69) is 20.9 Å². The summed E-state index contributed by atoms with van der Waals surface area (Å²) in [5.41, 5.74) is 1.07. The molecule has 2 heterocycles. The lowest BCUT2D eigenvalue weighted by molar-refractivity contribution is 0.193. The normalized spacial score (nSPS) is 16.6. The predicted octanol–water partition coefficient (Wildman–Crippen LogP) is 2.89. The number of hydrogen-bond donors (Lipinski definition) is 0. The first-order chi connectivity index (χ1) is 12.3. The Kier molecular flexibility index (Phi) is 6.06. The van der Waals surface area contributed by atoms with E-state index in [0.717, 1.165) is 55.6 Å². The fourth-order valence-corrected chi connectivity index (χ4v) is 2.86. The molecule has 1 aromatic carbocycles. The molecule has 1 aliphatic heterocycles. The summed E-state index contributed by atoms with van der Waals surface area (Å²) in [6, 6.07) is 9.73. The van der Waals surface area contributed by atoms with Crippen LogP contribution in [0.1, 0.15) is 24.5 Å². The number of hydrogen-bond acceptors (Lipinski definition) is 6. The van der Waals surface area contributed by atoms with Crippen LogP contribution in [-0.4, -0.2) is 50.5 Å². The van der Waals surface area contributed by atoms with E-state index >= 15 is 0 Å². The molecule has 6 nitrogen and oxygen atoms in total. The third-order valence-corrected chi connectivity index (χ3v) is 4.36. The smallest absolute Gasteiger partial charge is 0.131 e. The number of benzene rings is 1. The standard InChI is InChI=1S/C19H25N3O3/c1-22(8-4-9-25-17-6-3-5-16(11-17)23-2)19-12-18(20-14-21-19)15-7-10-24-13-15/h3,5-6,11-12,14-15H,4,7-10,13H2,1-2H3/t15-/m1/s1. The van der Waals surface area contributed by atoms with E-state index in [4.69, 9.17) is 14.2 Å². The average molecular weight is 343 g/mol. The highest BCUT2D eigenvalue weighted by molar-refractivity contribution is 5.38. The highest BCUT2D eigenvalue weighted by atomic mass is 16.5. The van der Waals surface area contributed by atoms with Crippen molar-refractivity contribution < 1.29 is 14.2 Å². The van der Waals surface area contributed by atoms with Crippen LogP contribution in [0, 0.1) is 0 Å². The van der Waals surface area contributed by atoms with Gasteiger partial charge in [-0.3, -0.25) is 0 Å². The Balaban J connectivity index is 1.47. The molecular formula is C19H25N3O3. The molecule has 1 atom stereocenters. The molecule has 0 spiro atoms. The van der Waals surface area contributed by atoms with Gasteiger partial charge in [0.25, 0.3) is 0 Å². The van der Waals surface area contributed by atoms with Crippen molar-refractivity contribution in [3.8, 4) is 11.5 Å². The molecule has 0 saturated carbocycles. The maximum Gasteiger partial charge on any atom is 0.131 e. The molecule has 2 aromatic rings. The van der Waals surface area contributed by atoms with E-state index in [1.807, 2.05) is 31.3 Å². The molecule has 1 aromatic heterocycles. The van der Waals surface area contributed by atoms with Crippen molar-refractivity contribution in [3.05, 3.63) is 42.4 Å². The minimum absolute atomic E-state index is 0.395.